The second kappa shape index (κ2) is 18.1. The van der Waals surface area contributed by atoms with Crippen LogP contribution in [0.4, 0.5) is 0 Å². The quantitative estimate of drug-likeness (QED) is 0.160. The van der Waals surface area contributed by atoms with E-state index in [9.17, 15) is 5.26 Å². The van der Waals surface area contributed by atoms with Crippen LogP contribution < -0.4 is 0 Å². The minimum atomic E-state index is 0.493. The Balaban J connectivity index is 1.05. The number of nitrogens with zero attached hydrogens (tertiary/aromatic N) is 7. The van der Waals surface area contributed by atoms with Gasteiger partial charge in [-0.3, -0.25) is 4.98 Å². The Morgan fingerprint density at radius 2 is 0.612 bits per heavy atom. The van der Waals surface area contributed by atoms with Crippen LogP contribution in [0, 0.1) is 11.3 Å². The second-order valence-electron chi connectivity index (χ2n) is 22.1. The molecule has 0 unspecified atom stereocenters. The Morgan fingerprint density at radius 1 is 0.271 bits per heavy atom. The Hall–Kier alpha value is -11.7. The Morgan fingerprint density at radius 3 is 1.02 bits per heavy atom. The predicted octanol–water partition coefficient (Wildman–Crippen LogP) is 19.8. The smallest absolute Gasteiger partial charge is 0.101 e. The molecule has 7 heteroatoms. The van der Waals surface area contributed by atoms with E-state index in [1.165, 1.54) is 21.8 Å². The molecule has 0 aliphatic heterocycles. The molecule has 0 atom stereocenters. The van der Waals surface area contributed by atoms with Crippen LogP contribution in [0.3, 0.4) is 0 Å². The van der Waals surface area contributed by atoms with Gasteiger partial charge in [0.15, 0.2) is 0 Å². The topological polar surface area (TPSA) is 61.3 Å². The first-order valence-corrected chi connectivity index (χ1v) is 28.8. The first-order chi connectivity index (χ1) is 42.2. The lowest BCUT2D eigenvalue weighted by atomic mass is 10.00. The standard InChI is InChI=1S/C78H47N7/c79-47-49-38-41-64(80-48-49)63-46-75(82-66-31-13-4-22-53(66)54-23-5-14-32-67(54)82)77(78(85-70-35-17-8-26-57(70)58-27-9-18-36-71(58)85)76(63)83-68-33-15-6-24-55(68)56-25-7-16-34-69(56)83)84-72-37-19-11-29-60(72)62-45-51(40-43-74(62)84)50-39-42-73-61(44-50)59-28-10-12-30-65(59)81(73)52-20-2-1-3-21-52/h1-46,48H. The average Bonchev–Trinajstić information content (AvgIpc) is 2.51. The zero-order chi connectivity index (χ0) is 55.9. The fraction of sp³-hybridized carbons (Fsp3) is 0. The van der Waals surface area contributed by atoms with Crippen molar-refractivity contribution < 1.29 is 0 Å². The van der Waals surface area contributed by atoms with Crippen molar-refractivity contribution in [2.75, 3.05) is 0 Å². The van der Waals surface area contributed by atoms with E-state index in [1.54, 1.807) is 6.20 Å². The number of para-hydroxylation sites is 9. The van der Waals surface area contributed by atoms with Crippen molar-refractivity contribution in [1.29, 1.82) is 5.26 Å². The van der Waals surface area contributed by atoms with Crippen LogP contribution >= 0.6 is 0 Å². The molecule has 0 aliphatic carbocycles. The van der Waals surface area contributed by atoms with Crippen LogP contribution in [0.1, 0.15) is 5.56 Å². The third kappa shape index (κ3) is 6.73. The van der Waals surface area contributed by atoms with Gasteiger partial charge in [0.05, 0.1) is 89.2 Å². The van der Waals surface area contributed by atoms with E-state index in [0.29, 0.717) is 5.56 Å². The highest BCUT2D eigenvalue weighted by Crippen LogP contribution is 2.50. The van der Waals surface area contributed by atoms with Crippen molar-refractivity contribution in [2.45, 2.75) is 0 Å². The van der Waals surface area contributed by atoms with Crippen LogP contribution in [0.5, 0.6) is 0 Å². The lowest BCUT2D eigenvalue weighted by Gasteiger charge is -2.28. The molecular weight excluding hydrogens is 1030 g/mol. The van der Waals surface area contributed by atoms with E-state index in [1.807, 2.05) is 12.1 Å². The predicted molar refractivity (Wildman–Crippen MR) is 352 cm³/mol. The van der Waals surface area contributed by atoms with Gasteiger partial charge in [-0.1, -0.05) is 176 Å². The van der Waals surface area contributed by atoms with Gasteiger partial charge in [-0.15, -0.1) is 0 Å². The maximum atomic E-state index is 10.3. The minimum absolute atomic E-state index is 0.493. The van der Waals surface area contributed by atoms with E-state index < -0.39 is 0 Å². The molecule has 12 aromatic carbocycles. The number of fused-ring (bicyclic) bond motifs is 15. The van der Waals surface area contributed by atoms with Crippen LogP contribution in [-0.2, 0) is 0 Å². The summed E-state index contributed by atoms with van der Waals surface area (Å²) in [5, 5.41) is 21.9. The number of benzene rings is 12. The summed E-state index contributed by atoms with van der Waals surface area (Å²) in [5.74, 6) is 0. The number of aromatic nitrogens is 6. The van der Waals surface area contributed by atoms with Gasteiger partial charge in [0, 0.05) is 71.3 Å². The van der Waals surface area contributed by atoms with Gasteiger partial charge < -0.3 is 22.8 Å². The highest BCUT2D eigenvalue weighted by atomic mass is 15.1. The molecule has 0 fully saturated rings. The van der Waals surface area contributed by atoms with Gasteiger partial charge in [0.1, 0.15) is 6.07 Å². The molecule has 7 nitrogen and oxygen atoms in total. The first kappa shape index (κ1) is 47.0. The number of nitriles is 1. The summed E-state index contributed by atoms with van der Waals surface area (Å²) in [6.45, 7) is 0. The molecule has 0 aliphatic rings. The normalized spacial score (nSPS) is 12.0. The summed E-state index contributed by atoms with van der Waals surface area (Å²) in [5.41, 5.74) is 20.3. The van der Waals surface area contributed by atoms with Crippen LogP contribution in [0.25, 0.3) is 160 Å². The van der Waals surface area contributed by atoms with E-state index in [2.05, 4.69) is 296 Å². The van der Waals surface area contributed by atoms with E-state index >= 15 is 0 Å². The molecule has 18 rings (SSSR count). The molecule has 0 spiro atoms. The van der Waals surface area contributed by atoms with Crippen LogP contribution in [0.2, 0.25) is 0 Å². The van der Waals surface area contributed by atoms with Crippen molar-refractivity contribution >= 4 is 109 Å². The molecule has 18 aromatic rings. The first-order valence-electron chi connectivity index (χ1n) is 28.8. The molecule has 0 amide bonds. The molecule has 0 saturated heterocycles. The third-order valence-electron chi connectivity index (χ3n) is 17.7. The number of hydrogen-bond acceptors (Lipinski definition) is 2. The van der Waals surface area contributed by atoms with Crippen LogP contribution in [0.15, 0.2) is 285 Å². The highest BCUT2D eigenvalue weighted by molar-refractivity contribution is 6.17. The fourth-order valence-electron chi connectivity index (χ4n) is 14.2. The summed E-state index contributed by atoms with van der Waals surface area (Å²) in [7, 11) is 0. The Kier molecular flexibility index (Phi) is 10.0. The summed E-state index contributed by atoms with van der Waals surface area (Å²) in [6.07, 6.45) is 1.71. The van der Waals surface area contributed by atoms with E-state index in [0.717, 1.165) is 138 Å². The zero-order valence-corrected chi connectivity index (χ0v) is 45.8. The fourth-order valence-corrected chi connectivity index (χ4v) is 14.2. The number of hydrogen-bond donors (Lipinski definition) is 0. The van der Waals surface area contributed by atoms with Gasteiger partial charge in [0.2, 0.25) is 0 Å². The van der Waals surface area contributed by atoms with Gasteiger partial charge in [-0.2, -0.15) is 5.26 Å². The molecular formula is C78H47N7. The van der Waals surface area contributed by atoms with E-state index in [-0.39, 0.29) is 0 Å². The average molecular weight is 1080 g/mol. The van der Waals surface area contributed by atoms with Crippen molar-refractivity contribution in [1.82, 2.24) is 27.8 Å². The third-order valence-corrected chi connectivity index (χ3v) is 17.7. The lowest BCUT2D eigenvalue weighted by Crippen LogP contribution is -2.14. The maximum Gasteiger partial charge on any atom is 0.101 e. The van der Waals surface area contributed by atoms with E-state index in [4.69, 9.17) is 4.98 Å². The van der Waals surface area contributed by atoms with Crippen molar-refractivity contribution in [3.05, 3.63) is 291 Å². The highest BCUT2D eigenvalue weighted by Gasteiger charge is 2.32. The molecule has 6 aromatic heterocycles. The van der Waals surface area contributed by atoms with Gasteiger partial charge >= 0.3 is 0 Å². The molecule has 85 heavy (non-hydrogen) atoms. The molecule has 0 radical (unpaired) electrons. The van der Waals surface area contributed by atoms with Crippen molar-refractivity contribution in [3.8, 4) is 56.9 Å². The second-order valence-corrected chi connectivity index (χ2v) is 22.1. The summed E-state index contributed by atoms with van der Waals surface area (Å²) < 4.78 is 12.4. The summed E-state index contributed by atoms with van der Waals surface area (Å²) in [6, 6.07) is 104. The van der Waals surface area contributed by atoms with Crippen molar-refractivity contribution in [3.63, 3.8) is 0 Å². The van der Waals surface area contributed by atoms with Gasteiger partial charge in [-0.25, -0.2) is 0 Å². The molecule has 0 saturated carbocycles. The number of rotatable bonds is 7. The zero-order valence-electron chi connectivity index (χ0n) is 45.8. The summed E-state index contributed by atoms with van der Waals surface area (Å²) >= 11 is 0. The minimum Gasteiger partial charge on any atom is -0.309 e. The monoisotopic (exact) mass is 1080 g/mol. The maximum absolute atomic E-state index is 10.3. The molecule has 0 bridgehead atoms. The van der Waals surface area contributed by atoms with Gasteiger partial charge in [0.25, 0.3) is 0 Å². The Labute approximate surface area is 487 Å². The molecule has 6 heterocycles. The van der Waals surface area contributed by atoms with Crippen molar-refractivity contribution in [2.24, 2.45) is 0 Å². The Bertz CT molecular complexity index is 5700. The SMILES string of the molecule is N#Cc1ccc(-c2cc(-n3c4ccccc4c4ccccc43)c(-n3c4ccccc4c4cc(-c5ccc6c(c5)c5ccccc5n6-c5ccccc5)ccc43)c(-n3c4ccccc4c4ccccc43)c2-n2c3ccccc3c3ccccc32)nc1. The molecule has 394 valence electrons. The molecule has 0 N–H and O–H groups in total. The lowest BCUT2D eigenvalue weighted by molar-refractivity contribution is 1.02. The van der Waals surface area contributed by atoms with Gasteiger partial charge in [-0.05, 0) is 114 Å². The van der Waals surface area contributed by atoms with Crippen LogP contribution in [-0.4, -0.2) is 27.8 Å². The summed E-state index contributed by atoms with van der Waals surface area (Å²) in [4.78, 5) is 5.27. The largest absolute Gasteiger partial charge is 0.309 e. The number of pyridine rings is 1.